The molecule has 2 atom stereocenters. The van der Waals surface area contributed by atoms with E-state index in [9.17, 15) is 5.11 Å². The van der Waals surface area contributed by atoms with Crippen LogP contribution in [0, 0.1) is 0 Å². The van der Waals surface area contributed by atoms with Crippen molar-refractivity contribution in [1.82, 2.24) is 0 Å². The molecule has 0 amide bonds. The molecule has 0 heterocycles. The van der Waals surface area contributed by atoms with Crippen LogP contribution in [0.3, 0.4) is 0 Å². The largest absolute Gasteiger partial charge is 0.394 e. The highest BCUT2D eigenvalue weighted by Crippen LogP contribution is 2.01. The van der Waals surface area contributed by atoms with Crippen LogP contribution in [0.5, 0.6) is 0 Å². The molecule has 0 radical (unpaired) electrons. The molecule has 0 aliphatic carbocycles. The van der Waals surface area contributed by atoms with E-state index in [1.807, 2.05) is 20.8 Å². The van der Waals surface area contributed by atoms with Gasteiger partial charge in [-0.15, -0.1) is 0 Å². The molecular formula is C9H20O4. The van der Waals surface area contributed by atoms with Crippen molar-refractivity contribution in [3.8, 4) is 0 Å². The number of ether oxygens (including phenoxy) is 2. The monoisotopic (exact) mass is 192 g/mol. The van der Waals surface area contributed by atoms with Gasteiger partial charge >= 0.3 is 0 Å². The highest BCUT2D eigenvalue weighted by Gasteiger charge is 2.18. The number of aliphatic hydroxyl groups excluding tert-OH is 2. The molecule has 0 aromatic carbocycles. The van der Waals surface area contributed by atoms with Gasteiger partial charge in [0.05, 0.1) is 19.3 Å². The SMILES string of the molecule is CCOC(CO)C(O)COC(C)C. The molecular weight excluding hydrogens is 172 g/mol. The van der Waals surface area contributed by atoms with E-state index in [0.717, 1.165) is 0 Å². The average molecular weight is 192 g/mol. The Balaban J connectivity index is 3.69. The molecule has 0 fully saturated rings. The predicted octanol–water partition coefficient (Wildman–Crippen LogP) is 0.170. The third-order valence-electron chi connectivity index (χ3n) is 1.59. The van der Waals surface area contributed by atoms with Crippen molar-refractivity contribution in [2.24, 2.45) is 0 Å². The third kappa shape index (κ3) is 5.99. The molecule has 0 rings (SSSR count). The van der Waals surface area contributed by atoms with Crippen molar-refractivity contribution < 1.29 is 19.7 Å². The van der Waals surface area contributed by atoms with E-state index in [4.69, 9.17) is 14.6 Å². The van der Waals surface area contributed by atoms with Crippen molar-refractivity contribution in [2.75, 3.05) is 19.8 Å². The third-order valence-corrected chi connectivity index (χ3v) is 1.59. The molecule has 0 bridgehead atoms. The fourth-order valence-corrected chi connectivity index (χ4v) is 0.898. The molecule has 4 heteroatoms. The lowest BCUT2D eigenvalue weighted by Gasteiger charge is -2.21. The fourth-order valence-electron chi connectivity index (χ4n) is 0.898. The Morgan fingerprint density at radius 1 is 1.23 bits per heavy atom. The summed E-state index contributed by atoms with van der Waals surface area (Å²) in [6.07, 6.45) is -1.22. The summed E-state index contributed by atoms with van der Waals surface area (Å²) in [6.45, 7) is 6.09. The van der Waals surface area contributed by atoms with Crippen LogP contribution in [-0.2, 0) is 9.47 Å². The van der Waals surface area contributed by atoms with Crippen molar-refractivity contribution in [3.63, 3.8) is 0 Å². The molecule has 0 saturated heterocycles. The van der Waals surface area contributed by atoms with Gasteiger partial charge in [-0.1, -0.05) is 0 Å². The lowest BCUT2D eigenvalue weighted by Crippen LogP contribution is -2.36. The molecule has 0 spiro atoms. The van der Waals surface area contributed by atoms with Gasteiger partial charge in [0.2, 0.25) is 0 Å². The number of aliphatic hydroxyl groups is 2. The minimum absolute atomic E-state index is 0.0793. The number of rotatable bonds is 7. The highest BCUT2D eigenvalue weighted by molar-refractivity contribution is 4.67. The molecule has 4 nitrogen and oxygen atoms in total. The van der Waals surface area contributed by atoms with Gasteiger partial charge in [-0.3, -0.25) is 0 Å². The molecule has 0 aromatic heterocycles. The zero-order chi connectivity index (χ0) is 10.3. The Morgan fingerprint density at radius 3 is 2.23 bits per heavy atom. The van der Waals surface area contributed by atoms with Gasteiger partial charge in [-0.2, -0.15) is 0 Å². The van der Waals surface area contributed by atoms with E-state index in [2.05, 4.69) is 0 Å². The molecule has 0 saturated carbocycles. The maximum Gasteiger partial charge on any atom is 0.109 e. The predicted molar refractivity (Wildman–Crippen MR) is 49.6 cm³/mol. The minimum atomic E-state index is -0.757. The van der Waals surface area contributed by atoms with Crippen LogP contribution in [-0.4, -0.2) is 48.3 Å². The van der Waals surface area contributed by atoms with E-state index < -0.39 is 12.2 Å². The van der Waals surface area contributed by atoms with Crippen molar-refractivity contribution in [1.29, 1.82) is 0 Å². The van der Waals surface area contributed by atoms with Gasteiger partial charge < -0.3 is 19.7 Å². The van der Waals surface area contributed by atoms with Gasteiger partial charge in [0.1, 0.15) is 12.2 Å². The Morgan fingerprint density at radius 2 is 1.85 bits per heavy atom. The summed E-state index contributed by atoms with van der Waals surface area (Å²) < 4.78 is 10.3. The maximum atomic E-state index is 9.48. The van der Waals surface area contributed by atoms with Crippen molar-refractivity contribution in [2.45, 2.75) is 39.1 Å². The summed E-state index contributed by atoms with van der Waals surface area (Å²) in [5.74, 6) is 0. The second kappa shape index (κ2) is 7.26. The number of hydrogen-bond donors (Lipinski definition) is 2. The van der Waals surface area contributed by atoms with Gasteiger partial charge in [0, 0.05) is 6.61 Å². The van der Waals surface area contributed by atoms with Gasteiger partial charge in [-0.05, 0) is 20.8 Å². The Kier molecular flexibility index (Phi) is 7.17. The van der Waals surface area contributed by atoms with Gasteiger partial charge in [-0.25, -0.2) is 0 Å². The quantitative estimate of drug-likeness (QED) is 0.603. The smallest absolute Gasteiger partial charge is 0.109 e. The number of hydrogen-bond acceptors (Lipinski definition) is 4. The fraction of sp³-hybridized carbons (Fsp3) is 1.00. The first-order valence-electron chi connectivity index (χ1n) is 4.63. The van der Waals surface area contributed by atoms with Crippen LogP contribution < -0.4 is 0 Å². The standard InChI is InChI=1S/C9H20O4/c1-4-12-9(5-10)8(11)6-13-7(2)3/h7-11H,4-6H2,1-3H3. The summed E-state index contributed by atoms with van der Waals surface area (Å²) in [6, 6.07) is 0. The summed E-state index contributed by atoms with van der Waals surface area (Å²) >= 11 is 0. The molecule has 0 aromatic rings. The summed E-state index contributed by atoms with van der Waals surface area (Å²) in [4.78, 5) is 0. The van der Waals surface area contributed by atoms with E-state index in [1.54, 1.807) is 0 Å². The zero-order valence-electron chi connectivity index (χ0n) is 8.56. The molecule has 0 aliphatic heterocycles. The maximum absolute atomic E-state index is 9.48. The summed E-state index contributed by atoms with van der Waals surface area (Å²) in [5.41, 5.74) is 0. The van der Waals surface area contributed by atoms with Crippen LogP contribution >= 0.6 is 0 Å². The molecule has 13 heavy (non-hydrogen) atoms. The normalized spacial score (nSPS) is 16.2. The Labute approximate surface area is 79.5 Å². The molecule has 0 aliphatic rings. The average Bonchev–Trinajstić information content (AvgIpc) is 2.10. The van der Waals surface area contributed by atoms with Gasteiger partial charge in [0.25, 0.3) is 0 Å². The van der Waals surface area contributed by atoms with Crippen LogP contribution in [0.4, 0.5) is 0 Å². The second-order valence-electron chi connectivity index (χ2n) is 3.13. The van der Waals surface area contributed by atoms with E-state index >= 15 is 0 Å². The Hall–Kier alpha value is -0.160. The molecule has 2 N–H and O–H groups in total. The molecule has 2 unspecified atom stereocenters. The first kappa shape index (κ1) is 12.8. The van der Waals surface area contributed by atoms with Crippen LogP contribution in [0.15, 0.2) is 0 Å². The lowest BCUT2D eigenvalue weighted by molar-refractivity contribution is -0.0953. The first-order chi connectivity index (χ1) is 6.11. The lowest BCUT2D eigenvalue weighted by atomic mass is 10.2. The first-order valence-corrected chi connectivity index (χ1v) is 4.63. The topological polar surface area (TPSA) is 58.9 Å². The zero-order valence-corrected chi connectivity index (χ0v) is 8.56. The van der Waals surface area contributed by atoms with E-state index in [1.165, 1.54) is 0 Å². The van der Waals surface area contributed by atoms with Crippen LogP contribution in [0.2, 0.25) is 0 Å². The van der Waals surface area contributed by atoms with Crippen molar-refractivity contribution >= 4 is 0 Å². The van der Waals surface area contributed by atoms with Crippen molar-refractivity contribution in [3.05, 3.63) is 0 Å². The van der Waals surface area contributed by atoms with Gasteiger partial charge in [0.15, 0.2) is 0 Å². The second-order valence-corrected chi connectivity index (χ2v) is 3.13. The Bertz CT molecular complexity index is 116. The highest BCUT2D eigenvalue weighted by atomic mass is 16.5. The summed E-state index contributed by atoms with van der Waals surface area (Å²) in [5, 5.41) is 18.3. The van der Waals surface area contributed by atoms with Crippen LogP contribution in [0.1, 0.15) is 20.8 Å². The minimum Gasteiger partial charge on any atom is -0.394 e. The molecule has 80 valence electrons. The van der Waals surface area contributed by atoms with E-state index in [-0.39, 0.29) is 19.3 Å². The van der Waals surface area contributed by atoms with Crippen LogP contribution in [0.25, 0.3) is 0 Å². The summed E-state index contributed by atoms with van der Waals surface area (Å²) in [7, 11) is 0. The van der Waals surface area contributed by atoms with E-state index in [0.29, 0.717) is 6.61 Å².